The average molecular weight is 485 g/mol. The van der Waals surface area contributed by atoms with E-state index in [-0.39, 0.29) is 24.7 Å². The number of methoxy groups -OCH3 is 2. The number of carbonyl (C=O) groups is 2. The number of nitrogens with zero attached hydrogens (tertiary/aromatic N) is 2. The van der Waals surface area contributed by atoms with Crippen LogP contribution in [0.4, 0.5) is 0 Å². The Morgan fingerprint density at radius 1 is 1.09 bits per heavy atom. The Morgan fingerprint density at radius 3 is 2.38 bits per heavy atom. The van der Waals surface area contributed by atoms with E-state index < -0.39 is 5.60 Å². The first-order valence-corrected chi connectivity index (χ1v) is 11.7. The van der Waals surface area contributed by atoms with E-state index in [1.807, 2.05) is 30.3 Å². The number of amides is 2. The molecule has 7 nitrogen and oxygen atoms in total. The van der Waals surface area contributed by atoms with Crippen molar-refractivity contribution < 1.29 is 24.2 Å². The third-order valence-corrected chi connectivity index (χ3v) is 6.88. The molecule has 34 heavy (non-hydrogen) atoms. The van der Waals surface area contributed by atoms with Gasteiger partial charge in [0.15, 0.2) is 11.5 Å². The minimum absolute atomic E-state index is 0.0237. The van der Waals surface area contributed by atoms with Crippen LogP contribution in [0.15, 0.2) is 42.6 Å². The fraction of sp³-hybridized carbons (Fsp3) is 0.385. The normalized spacial score (nSPS) is 17.2. The highest BCUT2D eigenvalue weighted by molar-refractivity contribution is 6.30. The zero-order valence-corrected chi connectivity index (χ0v) is 20.2. The van der Waals surface area contributed by atoms with Crippen molar-refractivity contribution in [3.63, 3.8) is 0 Å². The standard InChI is InChI=1S/C26H29ClN2O5/c1-33-22-15-18-7-11-28(25(31)17-19(18)16-23(22)34-2)12-8-24(30)29-13-9-26(32,10-14-29)20-3-5-21(27)6-4-20/h3-7,11,15-16,32H,8-10,12-14,17H2,1-2H3. The van der Waals surface area contributed by atoms with Gasteiger partial charge in [-0.25, -0.2) is 0 Å². The van der Waals surface area contributed by atoms with E-state index in [1.165, 1.54) is 0 Å². The molecule has 0 aromatic heterocycles. The molecule has 0 aliphatic carbocycles. The Balaban J connectivity index is 1.34. The molecule has 2 amide bonds. The minimum Gasteiger partial charge on any atom is -0.493 e. The number of likely N-dealkylation sites (tertiary alicyclic amines) is 1. The van der Waals surface area contributed by atoms with E-state index in [2.05, 4.69) is 0 Å². The van der Waals surface area contributed by atoms with Crippen LogP contribution in [0.3, 0.4) is 0 Å². The molecule has 4 rings (SSSR count). The van der Waals surface area contributed by atoms with Gasteiger partial charge in [-0.05, 0) is 59.9 Å². The lowest BCUT2D eigenvalue weighted by atomic mass is 9.84. The van der Waals surface area contributed by atoms with Gasteiger partial charge >= 0.3 is 0 Å². The van der Waals surface area contributed by atoms with Crippen molar-refractivity contribution >= 4 is 29.5 Å². The van der Waals surface area contributed by atoms with Crippen LogP contribution in [0.5, 0.6) is 11.5 Å². The van der Waals surface area contributed by atoms with Crippen LogP contribution in [0.25, 0.3) is 6.08 Å². The van der Waals surface area contributed by atoms with Crippen LogP contribution >= 0.6 is 11.6 Å². The molecule has 0 unspecified atom stereocenters. The maximum absolute atomic E-state index is 12.8. The predicted octanol–water partition coefficient (Wildman–Crippen LogP) is 3.61. The number of carbonyl (C=O) groups excluding carboxylic acids is 2. The van der Waals surface area contributed by atoms with Crippen molar-refractivity contribution in [2.75, 3.05) is 33.9 Å². The number of hydrogen-bond donors (Lipinski definition) is 1. The van der Waals surface area contributed by atoms with E-state index in [0.717, 1.165) is 16.7 Å². The summed E-state index contributed by atoms with van der Waals surface area (Å²) in [5, 5.41) is 11.7. The zero-order valence-electron chi connectivity index (χ0n) is 19.4. The topological polar surface area (TPSA) is 79.3 Å². The molecule has 8 heteroatoms. The van der Waals surface area contributed by atoms with Gasteiger partial charge in [-0.1, -0.05) is 23.7 Å². The van der Waals surface area contributed by atoms with Crippen molar-refractivity contribution in [2.45, 2.75) is 31.3 Å². The lowest BCUT2D eigenvalue weighted by molar-refractivity contribution is -0.136. The molecule has 2 aliphatic rings. The lowest BCUT2D eigenvalue weighted by Gasteiger charge is -2.38. The molecule has 2 aromatic rings. The van der Waals surface area contributed by atoms with Crippen molar-refractivity contribution in [3.8, 4) is 11.5 Å². The Kier molecular flexibility index (Phi) is 7.14. The van der Waals surface area contributed by atoms with Gasteiger partial charge in [0.25, 0.3) is 0 Å². The van der Waals surface area contributed by atoms with Gasteiger partial charge in [0.2, 0.25) is 11.8 Å². The molecule has 0 spiro atoms. The van der Waals surface area contributed by atoms with Crippen LogP contribution in [-0.4, -0.2) is 60.6 Å². The molecule has 2 aliphatic heterocycles. The van der Waals surface area contributed by atoms with Crippen LogP contribution in [0.1, 0.15) is 36.0 Å². The van der Waals surface area contributed by atoms with Gasteiger partial charge < -0.3 is 24.4 Å². The SMILES string of the molecule is COc1cc2c(cc1OC)CC(=O)N(CCC(=O)N1CCC(O)(c3ccc(Cl)cc3)CC1)C=C2. The maximum atomic E-state index is 12.8. The van der Waals surface area contributed by atoms with E-state index in [9.17, 15) is 14.7 Å². The zero-order chi connectivity index (χ0) is 24.3. The first-order valence-electron chi connectivity index (χ1n) is 11.3. The highest BCUT2D eigenvalue weighted by Crippen LogP contribution is 2.34. The van der Waals surface area contributed by atoms with Crippen LogP contribution in [-0.2, 0) is 21.6 Å². The molecular weight excluding hydrogens is 456 g/mol. The van der Waals surface area contributed by atoms with E-state index >= 15 is 0 Å². The third-order valence-electron chi connectivity index (χ3n) is 6.63. The second-order valence-electron chi connectivity index (χ2n) is 8.65. The highest BCUT2D eigenvalue weighted by atomic mass is 35.5. The number of hydrogen-bond acceptors (Lipinski definition) is 5. The van der Waals surface area contributed by atoms with Gasteiger partial charge in [0.1, 0.15) is 0 Å². The van der Waals surface area contributed by atoms with Crippen LogP contribution in [0.2, 0.25) is 5.02 Å². The summed E-state index contributed by atoms with van der Waals surface area (Å²) in [7, 11) is 3.14. The monoisotopic (exact) mass is 484 g/mol. The largest absolute Gasteiger partial charge is 0.493 e. The first-order chi connectivity index (χ1) is 16.3. The quantitative estimate of drug-likeness (QED) is 0.677. The van der Waals surface area contributed by atoms with Crippen LogP contribution in [0, 0.1) is 0 Å². The Bertz CT molecular complexity index is 1090. The Hall–Kier alpha value is -3.03. The second-order valence-corrected chi connectivity index (χ2v) is 9.09. The predicted molar refractivity (Wildman–Crippen MR) is 130 cm³/mol. The van der Waals surface area contributed by atoms with Gasteiger partial charge in [-0.2, -0.15) is 0 Å². The lowest BCUT2D eigenvalue weighted by Crippen LogP contribution is -2.45. The molecule has 0 bridgehead atoms. The minimum atomic E-state index is -0.960. The number of ether oxygens (including phenoxy) is 2. The summed E-state index contributed by atoms with van der Waals surface area (Å²) in [6.45, 7) is 1.23. The van der Waals surface area contributed by atoms with Gasteiger partial charge in [-0.3, -0.25) is 9.59 Å². The molecule has 1 fully saturated rings. The van der Waals surface area contributed by atoms with Crippen molar-refractivity contribution in [1.29, 1.82) is 0 Å². The number of benzene rings is 2. The molecule has 0 atom stereocenters. The molecule has 1 N–H and O–H groups in total. The second kappa shape index (κ2) is 10.1. The van der Waals surface area contributed by atoms with Crippen molar-refractivity contribution in [1.82, 2.24) is 9.80 Å². The summed E-state index contributed by atoms with van der Waals surface area (Å²) >= 11 is 5.96. The van der Waals surface area contributed by atoms with E-state index in [0.29, 0.717) is 49.0 Å². The number of rotatable bonds is 6. The maximum Gasteiger partial charge on any atom is 0.230 e. The Morgan fingerprint density at radius 2 is 1.74 bits per heavy atom. The Labute approximate surface area is 204 Å². The molecule has 0 radical (unpaired) electrons. The molecular formula is C26H29ClN2O5. The highest BCUT2D eigenvalue weighted by Gasteiger charge is 2.35. The van der Waals surface area contributed by atoms with Gasteiger partial charge in [0.05, 0.1) is 26.2 Å². The third kappa shape index (κ3) is 5.05. The summed E-state index contributed by atoms with van der Waals surface area (Å²) in [6, 6.07) is 10.9. The summed E-state index contributed by atoms with van der Waals surface area (Å²) < 4.78 is 10.7. The number of halogens is 1. The molecule has 1 saturated heterocycles. The molecule has 2 heterocycles. The van der Waals surface area contributed by atoms with E-state index in [1.54, 1.807) is 42.4 Å². The summed E-state index contributed by atoms with van der Waals surface area (Å²) in [4.78, 5) is 29.0. The summed E-state index contributed by atoms with van der Waals surface area (Å²) in [6.07, 6.45) is 4.94. The molecule has 2 aromatic carbocycles. The molecule has 0 saturated carbocycles. The average Bonchev–Trinajstić information content (AvgIpc) is 2.99. The number of piperidine rings is 1. The summed E-state index contributed by atoms with van der Waals surface area (Å²) in [5.41, 5.74) is 1.60. The molecule has 180 valence electrons. The number of fused-ring (bicyclic) bond motifs is 1. The van der Waals surface area contributed by atoms with Gasteiger partial charge in [0, 0.05) is 37.3 Å². The van der Waals surface area contributed by atoms with Gasteiger partial charge in [-0.15, -0.1) is 0 Å². The fourth-order valence-electron chi connectivity index (χ4n) is 4.51. The first kappa shape index (κ1) is 24.1. The summed E-state index contributed by atoms with van der Waals surface area (Å²) in [5.74, 6) is 1.08. The van der Waals surface area contributed by atoms with E-state index in [4.69, 9.17) is 21.1 Å². The van der Waals surface area contributed by atoms with Crippen molar-refractivity contribution in [2.24, 2.45) is 0 Å². The van der Waals surface area contributed by atoms with Crippen LogP contribution < -0.4 is 9.47 Å². The smallest absolute Gasteiger partial charge is 0.230 e. The number of aliphatic hydroxyl groups is 1. The van der Waals surface area contributed by atoms with Crippen molar-refractivity contribution in [3.05, 3.63) is 64.3 Å². The fourth-order valence-corrected chi connectivity index (χ4v) is 4.64.